The molecule has 2 unspecified atom stereocenters. The summed E-state index contributed by atoms with van der Waals surface area (Å²) in [6.07, 6.45) is 1.82. The third-order valence-corrected chi connectivity index (χ3v) is 7.94. The molecule has 0 radical (unpaired) electrons. The Balaban J connectivity index is 1.81. The van der Waals surface area contributed by atoms with Crippen molar-refractivity contribution in [2.24, 2.45) is 0 Å². The summed E-state index contributed by atoms with van der Waals surface area (Å²) >= 11 is 4.94. The molecule has 0 fully saturated rings. The average Bonchev–Trinajstić information content (AvgIpc) is 2.69. The first kappa shape index (κ1) is 16.6. The Labute approximate surface area is 165 Å². The summed E-state index contributed by atoms with van der Waals surface area (Å²) in [7, 11) is 0. The van der Waals surface area contributed by atoms with Crippen LogP contribution in [0.3, 0.4) is 0 Å². The monoisotopic (exact) mass is 396 g/mol. The number of fused-ring (bicyclic) bond motifs is 4. The van der Waals surface area contributed by atoms with Crippen molar-refractivity contribution in [2.45, 2.75) is 32.4 Å². The fraction of sp³-hybridized carbons (Fsp3) is 0.150. The maximum Gasteiger partial charge on any atom is 0.183 e. The van der Waals surface area contributed by atoms with Crippen LogP contribution in [0.15, 0.2) is 74.3 Å². The number of anilines is 3. The SMILES string of the molecule is CC(CS)c1ccc2c(c1)N1c3ncccc3Sc3cccc(c31)[S+]2[O-]. The van der Waals surface area contributed by atoms with E-state index < -0.39 is 11.2 Å². The van der Waals surface area contributed by atoms with E-state index in [0.29, 0.717) is 5.92 Å². The molecule has 26 heavy (non-hydrogen) atoms. The second-order valence-electron chi connectivity index (χ2n) is 6.45. The summed E-state index contributed by atoms with van der Waals surface area (Å²) in [6, 6.07) is 16.3. The lowest BCUT2D eigenvalue weighted by molar-refractivity contribution is 0.593. The highest BCUT2D eigenvalue weighted by Crippen LogP contribution is 2.57. The van der Waals surface area contributed by atoms with Crippen molar-refractivity contribution >= 4 is 52.8 Å². The molecular formula is C20H16N2OS3. The van der Waals surface area contributed by atoms with Crippen LogP contribution in [0.5, 0.6) is 0 Å². The minimum atomic E-state index is -1.19. The molecule has 0 aliphatic carbocycles. The summed E-state index contributed by atoms with van der Waals surface area (Å²) in [5.41, 5.74) is 3.17. The van der Waals surface area contributed by atoms with Crippen molar-refractivity contribution in [2.75, 3.05) is 10.7 Å². The molecule has 0 spiro atoms. The zero-order valence-corrected chi connectivity index (χ0v) is 16.6. The maximum atomic E-state index is 13.2. The largest absolute Gasteiger partial charge is 0.606 e. The van der Waals surface area contributed by atoms with Gasteiger partial charge in [0, 0.05) is 22.3 Å². The number of pyridine rings is 1. The van der Waals surface area contributed by atoms with Gasteiger partial charge in [-0.05, 0) is 53.6 Å². The van der Waals surface area contributed by atoms with E-state index in [1.165, 1.54) is 5.56 Å². The van der Waals surface area contributed by atoms with Gasteiger partial charge in [0.2, 0.25) is 0 Å². The summed E-state index contributed by atoms with van der Waals surface area (Å²) in [5, 5.41) is 0. The van der Waals surface area contributed by atoms with E-state index in [-0.39, 0.29) is 0 Å². The minimum absolute atomic E-state index is 0.330. The van der Waals surface area contributed by atoms with Crippen molar-refractivity contribution in [3.8, 4) is 0 Å². The molecule has 2 aromatic carbocycles. The predicted molar refractivity (Wildman–Crippen MR) is 110 cm³/mol. The molecule has 0 N–H and O–H groups in total. The molecule has 0 amide bonds. The molecule has 2 aliphatic heterocycles. The zero-order chi connectivity index (χ0) is 17.8. The molecule has 0 bridgehead atoms. The standard InChI is InChI=1S/C20H16N2OS3/c1-12(11-24)13-7-8-17-14(10-13)22-19-15(4-2-6-18(19)26(17)23)25-16-5-3-9-21-20(16)22/h2-10,12,24H,11H2,1H3. The lowest BCUT2D eigenvalue weighted by Crippen LogP contribution is -2.26. The molecule has 0 saturated carbocycles. The zero-order valence-electron chi connectivity index (χ0n) is 14.0. The van der Waals surface area contributed by atoms with Crippen LogP contribution in [0.2, 0.25) is 0 Å². The Kier molecular flexibility index (Phi) is 3.97. The Hall–Kier alpha value is -1.60. The van der Waals surface area contributed by atoms with Gasteiger partial charge < -0.3 is 4.55 Å². The van der Waals surface area contributed by atoms with E-state index in [1.807, 2.05) is 30.5 Å². The quantitative estimate of drug-likeness (QED) is 0.357. The fourth-order valence-electron chi connectivity index (χ4n) is 3.44. The van der Waals surface area contributed by atoms with Gasteiger partial charge in [-0.15, -0.1) is 0 Å². The van der Waals surface area contributed by atoms with Crippen LogP contribution in [-0.2, 0) is 11.2 Å². The molecule has 3 nitrogen and oxygen atoms in total. The molecule has 2 atom stereocenters. The smallest absolute Gasteiger partial charge is 0.183 e. The molecule has 2 aliphatic rings. The Morgan fingerprint density at radius 2 is 2.00 bits per heavy atom. The Morgan fingerprint density at radius 1 is 1.15 bits per heavy atom. The highest BCUT2D eigenvalue weighted by Gasteiger charge is 2.40. The molecule has 130 valence electrons. The number of para-hydroxylation sites is 1. The van der Waals surface area contributed by atoms with E-state index in [4.69, 9.17) is 0 Å². The maximum absolute atomic E-state index is 13.2. The highest BCUT2D eigenvalue weighted by atomic mass is 32.2. The van der Waals surface area contributed by atoms with E-state index in [1.54, 1.807) is 11.8 Å². The van der Waals surface area contributed by atoms with E-state index in [0.717, 1.165) is 42.5 Å². The number of hydrogen-bond donors (Lipinski definition) is 1. The van der Waals surface area contributed by atoms with Crippen LogP contribution >= 0.6 is 24.4 Å². The summed E-state index contributed by atoms with van der Waals surface area (Å²) in [4.78, 5) is 10.8. The number of aromatic nitrogens is 1. The summed E-state index contributed by atoms with van der Waals surface area (Å²) in [6.45, 7) is 2.16. The van der Waals surface area contributed by atoms with Crippen LogP contribution < -0.4 is 4.90 Å². The van der Waals surface area contributed by atoms with Crippen molar-refractivity contribution < 1.29 is 4.55 Å². The number of hydrogen-bond acceptors (Lipinski definition) is 5. The Bertz CT molecular complexity index is 1020. The van der Waals surface area contributed by atoms with Crippen LogP contribution in [0.25, 0.3) is 0 Å². The predicted octanol–water partition coefficient (Wildman–Crippen LogP) is 5.53. The van der Waals surface area contributed by atoms with E-state index >= 15 is 0 Å². The lowest BCUT2D eigenvalue weighted by Gasteiger charge is -2.37. The van der Waals surface area contributed by atoms with Crippen molar-refractivity contribution in [1.82, 2.24) is 4.98 Å². The third kappa shape index (κ3) is 2.33. The lowest BCUT2D eigenvalue weighted by atomic mass is 10.0. The molecular weight excluding hydrogens is 380 g/mol. The molecule has 1 aromatic heterocycles. The molecule has 6 heteroatoms. The van der Waals surface area contributed by atoms with Gasteiger partial charge in [-0.3, -0.25) is 4.90 Å². The normalized spacial score (nSPS) is 18.0. The van der Waals surface area contributed by atoms with Gasteiger partial charge in [-0.25, -0.2) is 4.98 Å². The first-order valence-electron chi connectivity index (χ1n) is 8.41. The number of rotatable bonds is 2. The first-order chi connectivity index (χ1) is 12.7. The van der Waals surface area contributed by atoms with Crippen LogP contribution in [-0.4, -0.2) is 15.3 Å². The second kappa shape index (κ2) is 6.23. The molecule has 3 aromatic rings. The number of thiol groups is 1. The van der Waals surface area contributed by atoms with E-state index in [9.17, 15) is 4.55 Å². The topological polar surface area (TPSA) is 39.2 Å². The van der Waals surface area contributed by atoms with Gasteiger partial charge >= 0.3 is 0 Å². The van der Waals surface area contributed by atoms with Gasteiger partial charge in [-0.2, -0.15) is 12.6 Å². The first-order valence-corrected chi connectivity index (χ1v) is 11.0. The average molecular weight is 397 g/mol. The van der Waals surface area contributed by atoms with Crippen molar-refractivity contribution in [3.63, 3.8) is 0 Å². The van der Waals surface area contributed by atoms with Gasteiger partial charge in [0.15, 0.2) is 15.6 Å². The summed E-state index contributed by atoms with van der Waals surface area (Å²) < 4.78 is 13.2. The third-order valence-electron chi connectivity index (χ3n) is 4.83. The molecule has 5 rings (SSSR count). The van der Waals surface area contributed by atoms with Crippen LogP contribution in [0.1, 0.15) is 18.4 Å². The minimum Gasteiger partial charge on any atom is -0.606 e. The Morgan fingerprint density at radius 3 is 2.85 bits per heavy atom. The summed E-state index contributed by atoms with van der Waals surface area (Å²) in [5.74, 6) is 2.01. The van der Waals surface area contributed by atoms with Gasteiger partial charge in [0.1, 0.15) is 11.4 Å². The number of nitrogens with zero attached hydrogens (tertiary/aromatic N) is 2. The van der Waals surface area contributed by atoms with Crippen LogP contribution in [0.4, 0.5) is 17.2 Å². The van der Waals surface area contributed by atoms with E-state index in [2.05, 4.69) is 53.7 Å². The fourth-order valence-corrected chi connectivity index (χ4v) is 6.13. The second-order valence-corrected chi connectivity index (χ2v) is 9.31. The number of benzene rings is 2. The van der Waals surface area contributed by atoms with Crippen LogP contribution in [0, 0.1) is 0 Å². The van der Waals surface area contributed by atoms with Gasteiger partial charge in [0.05, 0.1) is 4.90 Å². The molecule has 3 heterocycles. The molecule has 0 saturated heterocycles. The van der Waals surface area contributed by atoms with Crippen molar-refractivity contribution in [1.29, 1.82) is 0 Å². The highest BCUT2D eigenvalue weighted by molar-refractivity contribution is 8.00. The van der Waals surface area contributed by atoms with Crippen molar-refractivity contribution in [3.05, 3.63) is 60.3 Å². The van der Waals surface area contributed by atoms with Gasteiger partial charge in [0.25, 0.3) is 0 Å². The van der Waals surface area contributed by atoms with Gasteiger partial charge in [-0.1, -0.05) is 30.8 Å².